The van der Waals surface area contributed by atoms with Crippen LogP contribution in [0.25, 0.3) is 27.5 Å². The summed E-state index contributed by atoms with van der Waals surface area (Å²) in [5.74, 6) is -0.209. The van der Waals surface area contributed by atoms with Crippen LogP contribution in [0.2, 0.25) is 0 Å². The summed E-state index contributed by atoms with van der Waals surface area (Å²) in [5.41, 5.74) is 5.68. The Morgan fingerprint density at radius 2 is 1.48 bits per heavy atom. The molecule has 126 valence electrons. The van der Waals surface area contributed by atoms with E-state index in [1.165, 1.54) is 17.2 Å². The topological polar surface area (TPSA) is 4.93 Å². The average Bonchev–Trinajstić information content (AvgIpc) is 2.86. The van der Waals surface area contributed by atoms with Gasteiger partial charge >= 0.3 is 0 Å². The van der Waals surface area contributed by atoms with E-state index in [0.29, 0.717) is 0 Å². The van der Waals surface area contributed by atoms with Gasteiger partial charge in [-0.3, -0.25) is 0 Å². The first kappa shape index (κ1) is 15.9. The smallest absolute Gasteiger partial charge is 0.125 e. The summed E-state index contributed by atoms with van der Waals surface area (Å²) >= 11 is 0. The number of fused-ring (bicyclic) bond motifs is 3. The van der Waals surface area contributed by atoms with Gasteiger partial charge in [-0.15, -0.1) is 0 Å². The molecule has 25 heavy (non-hydrogen) atoms. The van der Waals surface area contributed by atoms with E-state index in [1.54, 1.807) is 6.07 Å². The molecule has 3 aromatic carbocycles. The van der Waals surface area contributed by atoms with Crippen molar-refractivity contribution in [3.05, 3.63) is 77.6 Å². The van der Waals surface area contributed by atoms with Crippen molar-refractivity contribution in [2.75, 3.05) is 0 Å². The van der Waals surface area contributed by atoms with Crippen LogP contribution in [-0.4, -0.2) is 4.57 Å². The Hall–Kier alpha value is -2.61. The predicted molar refractivity (Wildman–Crippen MR) is 104 cm³/mol. The number of hydrogen-bond acceptors (Lipinski definition) is 0. The molecule has 1 aromatic heterocycles. The van der Waals surface area contributed by atoms with Crippen molar-refractivity contribution in [3.8, 4) is 5.69 Å². The van der Waals surface area contributed by atoms with Crippen LogP contribution in [0.4, 0.5) is 4.39 Å². The molecule has 0 fully saturated rings. The molecule has 0 radical (unpaired) electrons. The van der Waals surface area contributed by atoms with Crippen molar-refractivity contribution in [2.45, 2.75) is 33.1 Å². The molecular formula is C23H22FN. The predicted octanol–water partition coefficient (Wildman–Crippen LogP) is 6.53. The fourth-order valence-electron chi connectivity index (χ4n) is 3.50. The lowest BCUT2D eigenvalue weighted by Crippen LogP contribution is -2.10. The van der Waals surface area contributed by atoms with Crippen LogP contribution in [0.5, 0.6) is 0 Å². The zero-order chi connectivity index (χ0) is 17.8. The minimum Gasteiger partial charge on any atom is -0.309 e. The molecule has 0 amide bonds. The highest BCUT2D eigenvalue weighted by Gasteiger charge is 2.16. The molecule has 0 saturated carbocycles. The molecule has 2 heteroatoms. The molecule has 0 spiro atoms. The van der Waals surface area contributed by atoms with E-state index in [4.69, 9.17) is 0 Å². The highest BCUT2D eigenvalue weighted by molar-refractivity contribution is 6.09. The number of hydrogen-bond donors (Lipinski definition) is 0. The van der Waals surface area contributed by atoms with Gasteiger partial charge in [0.2, 0.25) is 0 Å². The van der Waals surface area contributed by atoms with Crippen molar-refractivity contribution in [2.24, 2.45) is 0 Å². The Morgan fingerprint density at radius 1 is 0.760 bits per heavy atom. The van der Waals surface area contributed by atoms with Crippen molar-refractivity contribution in [1.82, 2.24) is 4.57 Å². The Labute approximate surface area is 147 Å². The van der Waals surface area contributed by atoms with E-state index in [0.717, 1.165) is 27.5 Å². The maximum Gasteiger partial charge on any atom is 0.125 e. The van der Waals surface area contributed by atoms with Crippen molar-refractivity contribution in [1.29, 1.82) is 0 Å². The summed E-state index contributed by atoms with van der Waals surface area (Å²) in [6, 6.07) is 20.1. The minimum absolute atomic E-state index is 0.114. The fraction of sp³-hybridized carbons (Fsp3) is 0.217. The second kappa shape index (κ2) is 5.45. The van der Waals surface area contributed by atoms with Crippen LogP contribution >= 0.6 is 0 Å². The third-order valence-corrected chi connectivity index (χ3v) is 4.88. The van der Waals surface area contributed by atoms with Gasteiger partial charge in [0.15, 0.2) is 0 Å². The molecule has 0 saturated heterocycles. The Balaban J connectivity index is 2.04. The van der Waals surface area contributed by atoms with Crippen LogP contribution in [0, 0.1) is 12.7 Å². The standard InChI is InChI=1S/C23H22FN/c1-15-5-12-21-20(13-15)19-11-8-17(24)14-22(19)25(21)18-9-6-16(7-10-18)23(2,3)4/h5-14H,1-4H3. The number of benzene rings is 3. The molecule has 1 heterocycles. The average molecular weight is 331 g/mol. The first-order valence-corrected chi connectivity index (χ1v) is 8.66. The van der Waals surface area contributed by atoms with Crippen LogP contribution in [0.1, 0.15) is 31.9 Å². The lowest BCUT2D eigenvalue weighted by Gasteiger charge is -2.19. The quantitative estimate of drug-likeness (QED) is 0.374. The molecule has 4 rings (SSSR count). The van der Waals surface area contributed by atoms with Crippen LogP contribution < -0.4 is 0 Å². The van der Waals surface area contributed by atoms with E-state index in [1.807, 2.05) is 6.07 Å². The third-order valence-electron chi connectivity index (χ3n) is 4.88. The molecule has 0 aliphatic carbocycles. The van der Waals surface area contributed by atoms with Gasteiger partial charge < -0.3 is 4.57 Å². The monoisotopic (exact) mass is 331 g/mol. The van der Waals surface area contributed by atoms with Crippen LogP contribution in [0.3, 0.4) is 0 Å². The number of rotatable bonds is 1. The van der Waals surface area contributed by atoms with Gasteiger partial charge in [-0.2, -0.15) is 0 Å². The van der Waals surface area contributed by atoms with E-state index < -0.39 is 0 Å². The molecular weight excluding hydrogens is 309 g/mol. The zero-order valence-corrected chi connectivity index (χ0v) is 15.1. The highest BCUT2D eigenvalue weighted by atomic mass is 19.1. The summed E-state index contributed by atoms with van der Waals surface area (Å²) in [4.78, 5) is 0. The number of aryl methyl sites for hydroxylation is 1. The summed E-state index contributed by atoms with van der Waals surface area (Å²) in [7, 11) is 0. The highest BCUT2D eigenvalue weighted by Crippen LogP contribution is 2.33. The zero-order valence-electron chi connectivity index (χ0n) is 15.1. The SMILES string of the molecule is Cc1ccc2c(c1)c1ccc(F)cc1n2-c1ccc(C(C)(C)C)cc1. The third kappa shape index (κ3) is 2.62. The summed E-state index contributed by atoms with van der Waals surface area (Å²) < 4.78 is 16.1. The molecule has 0 unspecified atom stereocenters. The second-order valence-electron chi connectivity index (χ2n) is 7.81. The molecule has 4 aromatic rings. The molecule has 0 aliphatic heterocycles. The lowest BCUT2D eigenvalue weighted by atomic mass is 9.87. The normalized spacial score (nSPS) is 12.2. The molecule has 0 bridgehead atoms. The number of halogens is 1. The van der Waals surface area contributed by atoms with Gasteiger partial charge in [-0.1, -0.05) is 44.5 Å². The van der Waals surface area contributed by atoms with Crippen LogP contribution in [0.15, 0.2) is 60.7 Å². The Bertz CT molecular complexity index is 1080. The van der Waals surface area contributed by atoms with E-state index in [2.05, 4.69) is 74.7 Å². The lowest BCUT2D eigenvalue weighted by molar-refractivity contribution is 0.590. The van der Waals surface area contributed by atoms with Crippen molar-refractivity contribution < 1.29 is 4.39 Å². The van der Waals surface area contributed by atoms with Gasteiger partial charge in [-0.05, 0) is 60.4 Å². The largest absolute Gasteiger partial charge is 0.309 e. The number of nitrogens with zero attached hydrogens (tertiary/aromatic N) is 1. The van der Waals surface area contributed by atoms with Gasteiger partial charge in [0, 0.05) is 16.5 Å². The first-order chi connectivity index (χ1) is 11.8. The van der Waals surface area contributed by atoms with Gasteiger partial charge in [-0.25, -0.2) is 4.39 Å². The minimum atomic E-state index is -0.209. The van der Waals surface area contributed by atoms with Gasteiger partial charge in [0.1, 0.15) is 5.82 Å². The summed E-state index contributed by atoms with van der Waals surface area (Å²) in [6.45, 7) is 8.71. The maximum absolute atomic E-state index is 13.9. The van der Waals surface area contributed by atoms with Gasteiger partial charge in [0.25, 0.3) is 0 Å². The maximum atomic E-state index is 13.9. The van der Waals surface area contributed by atoms with Crippen molar-refractivity contribution in [3.63, 3.8) is 0 Å². The molecule has 0 aliphatic rings. The van der Waals surface area contributed by atoms with Crippen molar-refractivity contribution >= 4 is 21.8 Å². The summed E-state index contributed by atoms with van der Waals surface area (Å²) in [6.07, 6.45) is 0. The molecule has 1 nitrogen and oxygen atoms in total. The Kier molecular flexibility index (Phi) is 3.47. The molecule has 0 atom stereocenters. The number of aromatic nitrogens is 1. The van der Waals surface area contributed by atoms with E-state index in [-0.39, 0.29) is 11.2 Å². The molecule has 0 N–H and O–H groups in total. The van der Waals surface area contributed by atoms with E-state index in [9.17, 15) is 4.39 Å². The summed E-state index contributed by atoms with van der Waals surface area (Å²) in [5, 5.41) is 2.25. The first-order valence-electron chi connectivity index (χ1n) is 8.66. The van der Waals surface area contributed by atoms with E-state index >= 15 is 0 Å². The fourth-order valence-corrected chi connectivity index (χ4v) is 3.50. The second-order valence-corrected chi connectivity index (χ2v) is 7.81. The Morgan fingerprint density at radius 3 is 2.16 bits per heavy atom. The van der Waals surface area contributed by atoms with Gasteiger partial charge in [0.05, 0.1) is 11.0 Å². The van der Waals surface area contributed by atoms with Crippen LogP contribution in [-0.2, 0) is 5.41 Å².